The summed E-state index contributed by atoms with van der Waals surface area (Å²) in [5.41, 5.74) is 18.6. The monoisotopic (exact) mass is 783 g/mol. The van der Waals surface area contributed by atoms with Crippen molar-refractivity contribution in [3.8, 4) is 27.9 Å². The van der Waals surface area contributed by atoms with Gasteiger partial charge in [0.15, 0.2) is 0 Å². The first-order valence-corrected chi connectivity index (χ1v) is 21.6. The van der Waals surface area contributed by atoms with Crippen molar-refractivity contribution in [1.29, 1.82) is 0 Å². The summed E-state index contributed by atoms with van der Waals surface area (Å²) in [5, 5.41) is 4.94. The van der Waals surface area contributed by atoms with E-state index in [4.69, 9.17) is 0 Å². The highest BCUT2D eigenvalue weighted by Gasteiger charge is 2.39. The molecule has 2 aliphatic rings. The van der Waals surface area contributed by atoms with E-state index in [1.807, 2.05) is 0 Å². The number of nitrogens with zero attached hydrogens (tertiary/aromatic N) is 3. The summed E-state index contributed by atoms with van der Waals surface area (Å²) in [5.74, 6) is 0. The van der Waals surface area contributed by atoms with E-state index in [0.29, 0.717) is 0 Å². The molecule has 1 aliphatic carbocycles. The van der Waals surface area contributed by atoms with E-state index < -0.39 is 0 Å². The molecule has 0 fully saturated rings. The van der Waals surface area contributed by atoms with Crippen LogP contribution in [0.2, 0.25) is 0 Å². The van der Waals surface area contributed by atoms with Gasteiger partial charge in [0.1, 0.15) is 0 Å². The maximum absolute atomic E-state index is 2.57. The van der Waals surface area contributed by atoms with E-state index in [0.717, 1.165) is 42.1 Å². The van der Waals surface area contributed by atoms with Crippen LogP contribution in [0.25, 0.3) is 60.5 Å². The number of rotatable bonds is 6. The molecule has 0 N–H and O–H groups in total. The van der Waals surface area contributed by atoms with Crippen molar-refractivity contribution in [1.82, 2.24) is 4.57 Å². The Bertz CT molecular complexity index is 3320. The van der Waals surface area contributed by atoms with Gasteiger partial charge in [-0.3, -0.25) is 0 Å². The van der Waals surface area contributed by atoms with Crippen molar-refractivity contribution in [3.63, 3.8) is 0 Å². The predicted molar refractivity (Wildman–Crippen MR) is 258 cm³/mol. The van der Waals surface area contributed by atoms with Crippen molar-refractivity contribution < 1.29 is 0 Å². The van der Waals surface area contributed by atoms with E-state index in [9.17, 15) is 0 Å². The van der Waals surface area contributed by atoms with Gasteiger partial charge in [-0.1, -0.05) is 147 Å². The molecule has 0 bridgehead atoms. The molecule has 0 atom stereocenters. The Hall–Kier alpha value is -7.36. The molecule has 0 amide bonds. The third-order valence-corrected chi connectivity index (χ3v) is 13.4. The summed E-state index contributed by atoms with van der Waals surface area (Å²) >= 11 is 0. The summed E-state index contributed by atoms with van der Waals surface area (Å²) in [4.78, 5) is 5.07. The Labute approximate surface area is 357 Å². The number of aryl methyl sites for hydroxylation is 1. The second-order valence-electron chi connectivity index (χ2n) is 17.2. The Morgan fingerprint density at radius 3 is 1.98 bits per heavy atom. The lowest BCUT2D eigenvalue weighted by molar-refractivity contribution is 0.660. The molecule has 9 aromatic carbocycles. The van der Waals surface area contributed by atoms with Crippen LogP contribution in [0.15, 0.2) is 200 Å². The van der Waals surface area contributed by atoms with Crippen LogP contribution >= 0.6 is 0 Å². The lowest BCUT2D eigenvalue weighted by Crippen LogP contribution is -2.25. The van der Waals surface area contributed by atoms with Gasteiger partial charge in [-0.15, -0.1) is 0 Å². The maximum atomic E-state index is 2.57. The first kappa shape index (κ1) is 35.6. The molecule has 2 heterocycles. The highest BCUT2D eigenvalue weighted by Crippen LogP contribution is 2.56. The minimum Gasteiger partial charge on any atom is -0.341 e. The van der Waals surface area contributed by atoms with Crippen molar-refractivity contribution in [2.45, 2.75) is 32.1 Å². The van der Waals surface area contributed by atoms with Crippen molar-refractivity contribution in [2.75, 3.05) is 16.3 Å². The summed E-state index contributed by atoms with van der Waals surface area (Å²) in [6.45, 7) is 5.80. The van der Waals surface area contributed by atoms with E-state index in [1.54, 1.807) is 0 Å². The van der Waals surface area contributed by atoms with Gasteiger partial charge in [-0.2, -0.15) is 0 Å². The number of hydrogen-bond donors (Lipinski definition) is 0. The maximum Gasteiger partial charge on any atom is 0.0561 e. The van der Waals surface area contributed by atoms with Crippen LogP contribution in [0.4, 0.5) is 28.4 Å². The van der Waals surface area contributed by atoms with Crippen LogP contribution in [0.5, 0.6) is 0 Å². The van der Waals surface area contributed by atoms with Gasteiger partial charge in [-0.25, -0.2) is 0 Å². The topological polar surface area (TPSA) is 11.4 Å². The Morgan fingerprint density at radius 1 is 0.459 bits per heavy atom. The molecule has 1 aliphatic heterocycles. The molecule has 0 unspecified atom stereocenters. The molecule has 292 valence electrons. The Kier molecular flexibility index (Phi) is 8.08. The zero-order valence-corrected chi connectivity index (χ0v) is 34.5. The first-order valence-electron chi connectivity index (χ1n) is 21.6. The van der Waals surface area contributed by atoms with Crippen LogP contribution in [-0.2, 0) is 11.8 Å². The fraction of sp³-hybridized carbons (Fsp3) is 0.103. The van der Waals surface area contributed by atoms with E-state index in [2.05, 4.69) is 228 Å². The molecule has 10 aromatic rings. The summed E-state index contributed by atoms with van der Waals surface area (Å²) < 4.78 is 2.43. The summed E-state index contributed by atoms with van der Waals surface area (Å²) in [7, 11) is 0. The normalized spacial score (nSPS) is 14.0. The SMILES string of the molecule is CC1(C)c2ccccc2-c2c(-c3cccc4c3N(c3ccccc3)CCC4)cc(N(c3ccc4ccccc4c3)c3ccc4c5ccccc5n(-c5ccccc5)c4c3)cc21. The number of hydrogen-bond acceptors (Lipinski definition) is 2. The third kappa shape index (κ3) is 5.57. The van der Waals surface area contributed by atoms with Crippen LogP contribution in [0.1, 0.15) is 37.0 Å². The van der Waals surface area contributed by atoms with Crippen LogP contribution in [-0.4, -0.2) is 11.1 Å². The molecular formula is C58H45N3. The van der Waals surface area contributed by atoms with Gasteiger partial charge >= 0.3 is 0 Å². The van der Waals surface area contributed by atoms with Gasteiger partial charge in [0.2, 0.25) is 0 Å². The average Bonchev–Trinajstić information content (AvgIpc) is 3.77. The molecular weight excluding hydrogens is 739 g/mol. The highest BCUT2D eigenvalue weighted by atomic mass is 15.2. The molecule has 61 heavy (non-hydrogen) atoms. The van der Waals surface area contributed by atoms with Crippen molar-refractivity contribution in [3.05, 3.63) is 217 Å². The number of anilines is 5. The molecule has 0 spiro atoms. The minimum absolute atomic E-state index is 0.219. The number of aromatic nitrogens is 1. The Morgan fingerprint density at radius 2 is 1.13 bits per heavy atom. The fourth-order valence-corrected chi connectivity index (χ4v) is 10.6. The van der Waals surface area contributed by atoms with Gasteiger partial charge in [-0.05, 0) is 124 Å². The van der Waals surface area contributed by atoms with E-state index in [1.165, 1.54) is 82.9 Å². The molecule has 0 saturated carbocycles. The van der Waals surface area contributed by atoms with E-state index in [-0.39, 0.29) is 5.41 Å². The zero-order valence-electron chi connectivity index (χ0n) is 34.5. The highest BCUT2D eigenvalue weighted by molar-refractivity contribution is 6.11. The van der Waals surface area contributed by atoms with Gasteiger partial charge in [0.25, 0.3) is 0 Å². The van der Waals surface area contributed by atoms with Crippen molar-refractivity contribution in [2.24, 2.45) is 0 Å². The second-order valence-corrected chi connectivity index (χ2v) is 17.2. The Balaban J connectivity index is 1.16. The summed E-state index contributed by atoms with van der Waals surface area (Å²) in [6, 6.07) is 74.4. The smallest absolute Gasteiger partial charge is 0.0561 e. The summed E-state index contributed by atoms with van der Waals surface area (Å²) in [6.07, 6.45) is 2.19. The number of fused-ring (bicyclic) bond motifs is 8. The minimum atomic E-state index is -0.219. The quantitative estimate of drug-likeness (QED) is 0.166. The predicted octanol–water partition coefficient (Wildman–Crippen LogP) is 15.5. The van der Waals surface area contributed by atoms with Crippen LogP contribution < -0.4 is 9.80 Å². The van der Waals surface area contributed by atoms with Crippen LogP contribution in [0, 0.1) is 0 Å². The average molecular weight is 784 g/mol. The lowest BCUT2D eigenvalue weighted by Gasteiger charge is -2.34. The molecule has 1 aromatic heterocycles. The molecule has 12 rings (SSSR count). The van der Waals surface area contributed by atoms with Gasteiger partial charge in [0.05, 0.1) is 16.7 Å². The molecule has 3 heteroatoms. The third-order valence-electron chi connectivity index (χ3n) is 13.4. The standard InChI is InChI=1S/C58H45N3/c1-58(2)52-28-13-11-26-50(52)56-51(49-27-15-19-40-20-16-34-59(57(40)49)42-21-5-3-6-22-42)36-46(37-53(56)58)60(44-31-30-39-17-9-10-18-41(39)35-44)45-32-33-48-47-25-12-14-29-54(47)61(55(48)38-45)43-23-7-4-8-24-43/h3-15,17-19,21-33,35-38H,16,20,34H2,1-2H3. The first-order chi connectivity index (χ1) is 30.0. The number of benzene rings is 9. The fourth-order valence-electron chi connectivity index (χ4n) is 10.6. The van der Waals surface area contributed by atoms with Crippen LogP contribution in [0.3, 0.4) is 0 Å². The van der Waals surface area contributed by atoms with Gasteiger partial charge < -0.3 is 14.4 Å². The second kappa shape index (κ2) is 13.9. The molecule has 3 nitrogen and oxygen atoms in total. The van der Waals surface area contributed by atoms with Crippen molar-refractivity contribution >= 4 is 61.0 Å². The lowest BCUT2D eigenvalue weighted by atomic mass is 9.81. The van der Waals surface area contributed by atoms with Gasteiger partial charge in [0, 0.05) is 56.7 Å². The zero-order chi connectivity index (χ0) is 40.7. The molecule has 0 saturated heterocycles. The van der Waals surface area contributed by atoms with E-state index >= 15 is 0 Å². The molecule has 0 radical (unpaired) electrons. The number of para-hydroxylation sites is 4. The largest absolute Gasteiger partial charge is 0.341 e.